The smallest absolute Gasteiger partial charge is 0.356 e. The normalized spacial score (nSPS) is 10.9. The lowest BCUT2D eigenvalue weighted by molar-refractivity contribution is 0.0590. The number of carbonyl (C=O) groups excluding carboxylic acids is 1. The van der Waals surface area contributed by atoms with E-state index in [1.54, 1.807) is 25.1 Å². The second-order valence-corrected chi connectivity index (χ2v) is 5.47. The predicted octanol–water partition coefficient (Wildman–Crippen LogP) is 3.80. The van der Waals surface area contributed by atoms with Gasteiger partial charge in [0.2, 0.25) is 0 Å². The summed E-state index contributed by atoms with van der Waals surface area (Å²) in [6, 6.07) is 8.76. The summed E-state index contributed by atoms with van der Waals surface area (Å²) >= 11 is 12.1. The maximum atomic E-state index is 12.0. The average molecular weight is 336 g/mol. The predicted molar refractivity (Wildman–Crippen MR) is 84.5 cm³/mol. The molecule has 5 nitrogen and oxygen atoms in total. The minimum Gasteiger partial charge on any atom is -0.464 e. The van der Waals surface area contributed by atoms with Crippen LogP contribution in [0.3, 0.4) is 0 Å². The summed E-state index contributed by atoms with van der Waals surface area (Å²) < 4.78 is 6.20. The molecule has 0 unspecified atom stereocenters. The van der Waals surface area contributed by atoms with Gasteiger partial charge in [-0.05, 0) is 25.1 Å². The van der Waals surface area contributed by atoms with Gasteiger partial charge in [0, 0.05) is 10.6 Å². The van der Waals surface area contributed by atoms with Gasteiger partial charge in [0.1, 0.15) is 5.02 Å². The minimum atomic E-state index is -0.512. The van der Waals surface area contributed by atoms with Gasteiger partial charge in [0.15, 0.2) is 11.3 Å². The third kappa shape index (κ3) is 2.42. The summed E-state index contributed by atoms with van der Waals surface area (Å²) in [6.45, 7) is 1.75. The number of halogens is 2. The van der Waals surface area contributed by atoms with E-state index in [4.69, 9.17) is 27.9 Å². The third-order valence-corrected chi connectivity index (χ3v) is 3.92. The number of hydrogen-bond donors (Lipinski definition) is 0. The monoisotopic (exact) mass is 335 g/mol. The van der Waals surface area contributed by atoms with Crippen molar-refractivity contribution in [3.8, 4) is 11.3 Å². The second kappa shape index (κ2) is 5.59. The van der Waals surface area contributed by atoms with Crippen LogP contribution in [0.4, 0.5) is 0 Å². The molecule has 2 heterocycles. The Kier molecular flexibility index (Phi) is 3.76. The number of benzene rings is 1. The molecule has 0 aliphatic carbocycles. The molecule has 0 saturated carbocycles. The topological polar surface area (TPSA) is 56.5 Å². The molecular weight excluding hydrogens is 325 g/mol. The van der Waals surface area contributed by atoms with Crippen LogP contribution in [0.25, 0.3) is 16.9 Å². The van der Waals surface area contributed by atoms with E-state index in [-0.39, 0.29) is 5.69 Å². The number of rotatable bonds is 2. The highest BCUT2D eigenvalue weighted by atomic mass is 35.5. The number of aromatic nitrogens is 3. The van der Waals surface area contributed by atoms with Crippen LogP contribution in [0.15, 0.2) is 30.3 Å². The van der Waals surface area contributed by atoms with Crippen molar-refractivity contribution in [2.24, 2.45) is 0 Å². The van der Waals surface area contributed by atoms with E-state index in [9.17, 15) is 4.79 Å². The zero-order valence-corrected chi connectivity index (χ0v) is 13.3. The number of fused-ring (bicyclic) bond motifs is 1. The van der Waals surface area contributed by atoms with Crippen molar-refractivity contribution < 1.29 is 9.53 Å². The van der Waals surface area contributed by atoms with E-state index in [1.165, 1.54) is 11.6 Å². The van der Waals surface area contributed by atoms with Gasteiger partial charge in [-0.1, -0.05) is 35.3 Å². The Hall–Kier alpha value is -2.11. The zero-order valence-electron chi connectivity index (χ0n) is 11.8. The molecule has 0 spiro atoms. The van der Waals surface area contributed by atoms with Crippen molar-refractivity contribution in [3.05, 3.63) is 51.8 Å². The van der Waals surface area contributed by atoms with Gasteiger partial charge in [-0.2, -0.15) is 5.10 Å². The Morgan fingerprint density at radius 3 is 2.55 bits per heavy atom. The molecule has 0 aliphatic heterocycles. The fraction of sp³-hybridized carbons (Fsp3) is 0.133. The molecule has 0 atom stereocenters. The van der Waals surface area contributed by atoms with Crippen LogP contribution in [0.5, 0.6) is 0 Å². The van der Waals surface area contributed by atoms with E-state index < -0.39 is 5.97 Å². The molecule has 0 fully saturated rings. The molecule has 0 aliphatic rings. The van der Waals surface area contributed by atoms with Crippen LogP contribution in [-0.2, 0) is 4.74 Å². The van der Waals surface area contributed by atoms with Crippen molar-refractivity contribution >= 4 is 34.8 Å². The van der Waals surface area contributed by atoms with Gasteiger partial charge >= 0.3 is 5.97 Å². The fourth-order valence-corrected chi connectivity index (χ4v) is 2.40. The summed E-state index contributed by atoms with van der Waals surface area (Å²) in [6.07, 6.45) is 0. The molecule has 3 aromatic rings. The van der Waals surface area contributed by atoms with E-state index in [2.05, 4.69) is 10.1 Å². The number of ether oxygens (including phenoxy) is 1. The lowest BCUT2D eigenvalue weighted by atomic mass is 10.1. The first-order valence-electron chi connectivity index (χ1n) is 6.41. The number of carbonyl (C=O) groups is 1. The van der Waals surface area contributed by atoms with E-state index in [1.807, 2.05) is 12.1 Å². The lowest BCUT2D eigenvalue weighted by Crippen LogP contribution is -2.10. The van der Waals surface area contributed by atoms with Gasteiger partial charge in [-0.3, -0.25) is 0 Å². The number of aryl methyl sites for hydroxylation is 1. The fourth-order valence-electron chi connectivity index (χ4n) is 2.12. The number of methoxy groups -OCH3 is 1. The molecule has 112 valence electrons. The van der Waals surface area contributed by atoms with Gasteiger partial charge in [-0.15, -0.1) is 0 Å². The summed E-state index contributed by atoms with van der Waals surface area (Å²) in [7, 11) is 1.31. The molecule has 22 heavy (non-hydrogen) atoms. The van der Waals surface area contributed by atoms with Crippen LogP contribution >= 0.6 is 23.2 Å². The Bertz CT molecular complexity index is 873. The molecule has 1 aromatic carbocycles. The third-order valence-electron chi connectivity index (χ3n) is 3.23. The van der Waals surface area contributed by atoms with Crippen molar-refractivity contribution in [1.82, 2.24) is 14.6 Å². The van der Waals surface area contributed by atoms with Crippen molar-refractivity contribution in [2.45, 2.75) is 6.92 Å². The highest BCUT2D eigenvalue weighted by Crippen LogP contribution is 2.26. The van der Waals surface area contributed by atoms with E-state index in [0.29, 0.717) is 27.1 Å². The Morgan fingerprint density at radius 2 is 1.91 bits per heavy atom. The maximum absolute atomic E-state index is 12.0. The van der Waals surface area contributed by atoms with Gasteiger partial charge < -0.3 is 4.74 Å². The zero-order chi connectivity index (χ0) is 15.9. The highest BCUT2D eigenvalue weighted by molar-refractivity contribution is 6.34. The van der Waals surface area contributed by atoms with Gasteiger partial charge in [-0.25, -0.2) is 14.3 Å². The average Bonchev–Trinajstić information content (AvgIpc) is 2.81. The molecule has 3 rings (SSSR count). The Morgan fingerprint density at radius 1 is 1.23 bits per heavy atom. The Labute approximate surface area is 136 Å². The molecule has 0 bridgehead atoms. The number of nitrogens with zero attached hydrogens (tertiary/aromatic N) is 3. The first-order chi connectivity index (χ1) is 10.5. The largest absolute Gasteiger partial charge is 0.464 e. The first-order valence-corrected chi connectivity index (χ1v) is 7.17. The molecule has 0 radical (unpaired) electrons. The number of esters is 1. The van der Waals surface area contributed by atoms with Gasteiger partial charge in [0.05, 0.1) is 18.5 Å². The molecule has 0 saturated heterocycles. The first kappa shape index (κ1) is 14.8. The Balaban J connectivity index is 2.30. The van der Waals surface area contributed by atoms with Crippen LogP contribution in [-0.4, -0.2) is 27.7 Å². The summed E-state index contributed by atoms with van der Waals surface area (Å²) in [4.78, 5) is 16.5. The molecule has 0 amide bonds. The summed E-state index contributed by atoms with van der Waals surface area (Å²) in [5.41, 5.74) is 2.66. The summed E-state index contributed by atoms with van der Waals surface area (Å²) in [5.74, 6) is -0.512. The molecule has 7 heteroatoms. The van der Waals surface area contributed by atoms with Crippen LogP contribution in [0.2, 0.25) is 10.0 Å². The van der Waals surface area contributed by atoms with Crippen molar-refractivity contribution in [1.29, 1.82) is 0 Å². The van der Waals surface area contributed by atoms with Crippen LogP contribution < -0.4 is 0 Å². The molecular formula is C15H11Cl2N3O2. The van der Waals surface area contributed by atoms with E-state index >= 15 is 0 Å². The van der Waals surface area contributed by atoms with Crippen molar-refractivity contribution in [3.63, 3.8) is 0 Å². The lowest BCUT2D eigenvalue weighted by Gasteiger charge is -2.07. The number of hydrogen-bond acceptors (Lipinski definition) is 4. The summed E-state index contributed by atoms with van der Waals surface area (Å²) in [5, 5.41) is 5.26. The molecule has 2 aromatic heterocycles. The van der Waals surface area contributed by atoms with E-state index in [0.717, 1.165) is 5.56 Å². The quantitative estimate of drug-likeness (QED) is 0.668. The second-order valence-electron chi connectivity index (χ2n) is 4.66. The van der Waals surface area contributed by atoms with Crippen LogP contribution in [0, 0.1) is 6.92 Å². The SMILES string of the molecule is COC(=O)c1cc(-c2ccc(Cl)cc2)nc2c(Cl)c(C)nn12. The maximum Gasteiger partial charge on any atom is 0.356 e. The van der Waals surface area contributed by atoms with Crippen LogP contribution in [0.1, 0.15) is 16.2 Å². The van der Waals surface area contributed by atoms with Gasteiger partial charge in [0.25, 0.3) is 0 Å². The molecule has 0 N–H and O–H groups in total. The standard InChI is InChI=1S/C15H11Cl2N3O2/c1-8-13(17)14-18-11(9-3-5-10(16)6-4-9)7-12(15(21)22-2)20(14)19-8/h3-7H,1-2H3. The van der Waals surface area contributed by atoms with Crippen molar-refractivity contribution in [2.75, 3.05) is 7.11 Å². The minimum absolute atomic E-state index is 0.257. The highest BCUT2D eigenvalue weighted by Gasteiger charge is 2.19.